The molecule has 1 amide bonds. The average Bonchev–Trinajstić information content (AvgIpc) is 2.93. The van der Waals surface area contributed by atoms with Gasteiger partial charge in [0.1, 0.15) is 11.5 Å². The number of thiazole rings is 1. The lowest BCUT2D eigenvalue weighted by Crippen LogP contribution is -2.32. The van der Waals surface area contributed by atoms with Gasteiger partial charge in [-0.3, -0.25) is 4.79 Å². The number of aromatic nitrogens is 2. The van der Waals surface area contributed by atoms with E-state index >= 15 is 0 Å². The molecular formula is C13H19Cl2N5OS. The van der Waals surface area contributed by atoms with Crippen molar-refractivity contribution < 1.29 is 4.79 Å². The maximum Gasteiger partial charge on any atom is 0.273 e. The SMILES string of the molecule is CNCCN(C)C(=O)c1csc(Nc2ccccn2)n1.Cl.Cl. The second kappa shape index (κ2) is 10.3. The molecule has 0 unspecified atom stereocenters. The van der Waals surface area contributed by atoms with Crippen LogP contribution in [-0.4, -0.2) is 48.0 Å². The Hall–Kier alpha value is -1.41. The van der Waals surface area contributed by atoms with Crippen LogP contribution in [0.25, 0.3) is 0 Å². The zero-order valence-corrected chi connectivity index (χ0v) is 14.7. The number of pyridine rings is 1. The van der Waals surface area contributed by atoms with Crippen molar-refractivity contribution in [3.8, 4) is 0 Å². The number of nitrogens with one attached hydrogen (secondary N) is 2. The summed E-state index contributed by atoms with van der Waals surface area (Å²) in [6.07, 6.45) is 1.70. The van der Waals surface area contributed by atoms with E-state index in [1.165, 1.54) is 11.3 Å². The second-order valence-corrected chi connectivity index (χ2v) is 5.07. The van der Waals surface area contributed by atoms with Crippen molar-refractivity contribution in [3.63, 3.8) is 0 Å². The van der Waals surface area contributed by atoms with E-state index in [2.05, 4.69) is 20.6 Å². The van der Waals surface area contributed by atoms with Crippen molar-refractivity contribution >= 4 is 53.0 Å². The molecule has 22 heavy (non-hydrogen) atoms. The summed E-state index contributed by atoms with van der Waals surface area (Å²) in [5.41, 5.74) is 0.451. The summed E-state index contributed by atoms with van der Waals surface area (Å²) < 4.78 is 0. The first-order valence-corrected chi connectivity index (χ1v) is 7.12. The van der Waals surface area contributed by atoms with Crippen molar-refractivity contribution in [2.45, 2.75) is 0 Å². The molecule has 0 radical (unpaired) electrons. The Morgan fingerprint density at radius 3 is 2.77 bits per heavy atom. The Labute approximate surface area is 146 Å². The fourth-order valence-electron chi connectivity index (χ4n) is 1.55. The lowest BCUT2D eigenvalue weighted by molar-refractivity contribution is 0.0792. The first-order chi connectivity index (χ1) is 9.70. The van der Waals surface area contributed by atoms with Crippen LogP contribution in [0.2, 0.25) is 0 Å². The van der Waals surface area contributed by atoms with Gasteiger partial charge in [-0.25, -0.2) is 9.97 Å². The molecule has 0 spiro atoms. The molecule has 0 bridgehead atoms. The summed E-state index contributed by atoms with van der Waals surface area (Å²) in [7, 11) is 3.63. The summed E-state index contributed by atoms with van der Waals surface area (Å²) >= 11 is 1.39. The molecule has 0 saturated carbocycles. The van der Waals surface area contributed by atoms with Crippen LogP contribution in [0.1, 0.15) is 10.5 Å². The number of anilines is 2. The fourth-order valence-corrected chi connectivity index (χ4v) is 2.24. The van der Waals surface area contributed by atoms with Crippen molar-refractivity contribution in [3.05, 3.63) is 35.5 Å². The summed E-state index contributed by atoms with van der Waals surface area (Å²) in [4.78, 5) is 22.2. The average molecular weight is 364 g/mol. The van der Waals surface area contributed by atoms with E-state index in [9.17, 15) is 4.79 Å². The third-order valence-corrected chi connectivity index (χ3v) is 3.42. The van der Waals surface area contributed by atoms with E-state index < -0.39 is 0 Å². The molecule has 6 nitrogen and oxygen atoms in total. The molecule has 9 heteroatoms. The molecule has 0 saturated heterocycles. The lowest BCUT2D eigenvalue weighted by atomic mass is 10.4. The topological polar surface area (TPSA) is 70.2 Å². The number of hydrogen-bond acceptors (Lipinski definition) is 6. The van der Waals surface area contributed by atoms with Gasteiger partial charge in [-0.2, -0.15) is 0 Å². The fraction of sp³-hybridized carbons (Fsp3) is 0.308. The predicted molar refractivity (Wildman–Crippen MR) is 95.0 cm³/mol. The van der Waals surface area contributed by atoms with Crippen LogP contribution in [0.4, 0.5) is 10.9 Å². The van der Waals surface area contributed by atoms with Crippen molar-refractivity contribution in [1.82, 2.24) is 20.2 Å². The Morgan fingerprint density at radius 1 is 1.36 bits per heavy atom. The normalized spacial score (nSPS) is 9.36. The van der Waals surface area contributed by atoms with E-state index in [1.807, 2.05) is 25.2 Å². The summed E-state index contributed by atoms with van der Waals surface area (Å²) in [6.45, 7) is 1.40. The molecule has 2 rings (SSSR count). The van der Waals surface area contributed by atoms with E-state index in [4.69, 9.17) is 0 Å². The molecule has 0 aromatic carbocycles. The van der Waals surface area contributed by atoms with Gasteiger partial charge in [0.15, 0.2) is 5.13 Å². The summed E-state index contributed by atoms with van der Waals surface area (Å²) in [6, 6.07) is 5.58. The molecular weight excluding hydrogens is 345 g/mol. The first kappa shape index (κ1) is 20.6. The highest BCUT2D eigenvalue weighted by atomic mass is 35.5. The van der Waals surface area contributed by atoms with Gasteiger partial charge in [0.05, 0.1) is 0 Å². The maximum absolute atomic E-state index is 12.1. The van der Waals surface area contributed by atoms with E-state index in [0.29, 0.717) is 23.2 Å². The zero-order chi connectivity index (χ0) is 14.4. The second-order valence-electron chi connectivity index (χ2n) is 4.21. The molecule has 0 aliphatic rings. The standard InChI is InChI=1S/C13H17N5OS.2ClH/c1-14-7-8-18(2)12(19)10-9-20-13(16-10)17-11-5-3-4-6-15-11;;/h3-6,9,14H,7-8H2,1-2H3,(H,15,16,17);2*1H. The van der Waals surface area contributed by atoms with Crippen LogP contribution in [-0.2, 0) is 0 Å². The molecule has 2 aromatic rings. The molecule has 2 N–H and O–H groups in total. The number of likely N-dealkylation sites (N-methyl/N-ethyl adjacent to an activating group) is 2. The Morgan fingerprint density at radius 2 is 2.14 bits per heavy atom. The largest absolute Gasteiger partial charge is 0.339 e. The number of hydrogen-bond donors (Lipinski definition) is 2. The van der Waals surface area contributed by atoms with Gasteiger partial charge >= 0.3 is 0 Å². The van der Waals surface area contributed by atoms with E-state index in [1.54, 1.807) is 23.5 Å². The number of halogens is 2. The van der Waals surface area contributed by atoms with Gasteiger partial charge in [-0.1, -0.05) is 6.07 Å². The van der Waals surface area contributed by atoms with Crippen molar-refractivity contribution in [2.75, 3.05) is 32.5 Å². The van der Waals surface area contributed by atoms with Crippen LogP contribution in [0.5, 0.6) is 0 Å². The van der Waals surface area contributed by atoms with Crippen LogP contribution in [0.3, 0.4) is 0 Å². The van der Waals surface area contributed by atoms with E-state index in [-0.39, 0.29) is 30.7 Å². The highest BCUT2D eigenvalue weighted by Crippen LogP contribution is 2.20. The van der Waals surface area contributed by atoms with Crippen LogP contribution < -0.4 is 10.6 Å². The molecule has 0 aliphatic heterocycles. The van der Waals surface area contributed by atoms with Crippen LogP contribution >= 0.6 is 36.2 Å². The van der Waals surface area contributed by atoms with Crippen molar-refractivity contribution in [2.24, 2.45) is 0 Å². The maximum atomic E-state index is 12.1. The van der Waals surface area contributed by atoms with Gasteiger partial charge in [0, 0.05) is 31.7 Å². The Bertz CT molecular complexity index is 567. The molecule has 0 aliphatic carbocycles. The first-order valence-electron chi connectivity index (χ1n) is 6.24. The van der Waals surface area contributed by atoms with Gasteiger partial charge < -0.3 is 15.5 Å². The lowest BCUT2D eigenvalue weighted by Gasteiger charge is -2.15. The Balaban J connectivity index is 0.00000220. The van der Waals surface area contributed by atoms with Gasteiger partial charge in [-0.15, -0.1) is 36.2 Å². The number of rotatable bonds is 6. The summed E-state index contributed by atoms with van der Waals surface area (Å²) in [5.74, 6) is 0.634. The molecule has 122 valence electrons. The number of carbonyl (C=O) groups is 1. The Kier molecular flexibility index (Phi) is 9.68. The van der Waals surface area contributed by atoms with Gasteiger partial charge in [-0.05, 0) is 19.2 Å². The predicted octanol–water partition coefficient (Wildman–Crippen LogP) is 2.42. The van der Waals surface area contributed by atoms with Crippen molar-refractivity contribution in [1.29, 1.82) is 0 Å². The number of nitrogens with zero attached hydrogens (tertiary/aromatic N) is 3. The zero-order valence-electron chi connectivity index (χ0n) is 12.3. The minimum Gasteiger partial charge on any atom is -0.339 e. The number of carbonyl (C=O) groups excluding carboxylic acids is 1. The number of amides is 1. The summed E-state index contributed by atoms with van der Waals surface area (Å²) in [5, 5.41) is 8.50. The minimum atomic E-state index is -0.0782. The monoisotopic (exact) mass is 363 g/mol. The smallest absolute Gasteiger partial charge is 0.273 e. The molecule has 2 heterocycles. The molecule has 0 fully saturated rings. The molecule has 2 aromatic heterocycles. The van der Waals surface area contributed by atoms with E-state index in [0.717, 1.165) is 6.54 Å². The highest BCUT2D eigenvalue weighted by Gasteiger charge is 2.15. The van der Waals surface area contributed by atoms with Crippen LogP contribution in [0, 0.1) is 0 Å². The quantitative estimate of drug-likeness (QED) is 0.824. The van der Waals surface area contributed by atoms with Crippen LogP contribution in [0.15, 0.2) is 29.8 Å². The third-order valence-electron chi connectivity index (χ3n) is 2.67. The van der Waals surface area contributed by atoms with Gasteiger partial charge in [0.25, 0.3) is 5.91 Å². The van der Waals surface area contributed by atoms with Gasteiger partial charge in [0.2, 0.25) is 0 Å². The molecule has 0 atom stereocenters. The minimum absolute atomic E-state index is 0. The highest BCUT2D eigenvalue weighted by molar-refractivity contribution is 7.14. The third kappa shape index (κ3) is 5.76.